The zero-order valence-corrected chi connectivity index (χ0v) is 15.5. The standard InChI is InChI=1S/C19H16Cl2N4O/c1-12-14(20)7-4-8-16(12)25-18-11-22-17(10-23-18)19(26)24-9-13-5-2-3-6-15(13)21/h2-8,10-11H,9H2,1H3,(H,23,25)(H,24,26). The van der Waals surface area contributed by atoms with Gasteiger partial charge in [0, 0.05) is 22.3 Å². The molecule has 3 aromatic rings. The summed E-state index contributed by atoms with van der Waals surface area (Å²) in [5.74, 6) is 0.209. The van der Waals surface area contributed by atoms with Crippen LogP contribution >= 0.6 is 23.2 Å². The number of nitrogens with one attached hydrogen (secondary N) is 2. The number of halogens is 2. The Bertz CT molecular complexity index is 929. The van der Waals surface area contributed by atoms with Crippen molar-refractivity contribution < 1.29 is 4.79 Å². The van der Waals surface area contributed by atoms with Crippen molar-refractivity contribution in [2.45, 2.75) is 13.5 Å². The largest absolute Gasteiger partial charge is 0.347 e. The van der Waals surface area contributed by atoms with Gasteiger partial charge in [-0.25, -0.2) is 9.97 Å². The summed E-state index contributed by atoms with van der Waals surface area (Å²) in [5.41, 5.74) is 2.82. The number of hydrogen-bond donors (Lipinski definition) is 2. The van der Waals surface area contributed by atoms with Gasteiger partial charge in [-0.1, -0.05) is 47.5 Å². The molecule has 0 aliphatic heterocycles. The molecule has 0 saturated heterocycles. The molecule has 0 aliphatic rings. The molecule has 1 amide bonds. The third kappa shape index (κ3) is 4.31. The predicted octanol–water partition coefficient (Wildman–Crippen LogP) is 4.77. The first-order chi connectivity index (χ1) is 12.5. The van der Waals surface area contributed by atoms with Crippen molar-refractivity contribution in [2.75, 3.05) is 5.32 Å². The van der Waals surface area contributed by atoms with E-state index in [1.54, 1.807) is 6.07 Å². The first-order valence-electron chi connectivity index (χ1n) is 7.90. The maximum atomic E-state index is 12.2. The van der Waals surface area contributed by atoms with Gasteiger partial charge < -0.3 is 10.6 Å². The molecule has 0 radical (unpaired) electrons. The molecule has 1 aromatic heterocycles. The van der Waals surface area contributed by atoms with E-state index in [1.165, 1.54) is 12.4 Å². The van der Waals surface area contributed by atoms with Crippen LogP contribution in [0.25, 0.3) is 0 Å². The second-order valence-corrected chi connectivity index (χ2v) is 6.41. The second-order valence-electron chi connectivity index (χ2n) is 5.60. The minimum atomic E-state index is -0.317. The Hall–Kier alpha value is -2.63. The Balaban J connectivity index is 1.64. The highest BCUT2D eigenvalue weighted by Gasteiger charge is 2.10. The van der Waals surface area contributed by atoms with E-state index in [0.29, 0.717) is 22.4 Å². The van der Waals surface area contributed by atoms with Crippen molar-refractivity contribution in [2.24, 2.45) is 0 Å². The quantitative estimate of drug-likeness (QED) is 0.662. The average molecular weight is 387 g/mol. The lowest BCUT2D eigenvalue weighted by atomic mass is 10.2. The molecule has 2 N–H and O–H groups in total. The average Bonchev–Trinajstić information content (AvgIpc) is 2.65. The van der Waals surface area contributed by atoms with E-state index in [0.717, 1.165) is 16.8 Å². The van der Waals surface area contributed by atoms with Gasteiger partial charge in [0.05, 0.1) is 12.4 Å². The topological polar surface area (TPSA) is 66.9 Å². The van der Waals surface area contributed by atoms with Crippen LogP contribution in [-0.2, 0) is 6.54 Å². The molecular formula is C19H16Cl2N4O. The Morgan fingerprint density at radius 1 is 1.00 bits per heavy atom. The van der Waals surface area contributed by atoms with Crippen LogP contribution in [0.5, 0.6) is 0 Å². The first kappa shape index (κ1) is 18.2. The number of hydrogen-bond acceptors (Lipinski definition) is 4. The van der Waals surface area contributed by atoms with Crippen LogP contribution in [0, 0.1) is 6.92 Å². The Labute approximate surface area is 161 Å². The normalized spacial score (nSPS) is 10.4. The van der Waals surface area contributed by atoms with E-state index in [-0.39, 0.29) is 11.6 Å². The van der Waals surface area contributed by atoms with E-state index in [4.69, 9.17) is 23.2 Å². The van der Waals surface area contributed by atoms with Crippen LogP contribution in [0.2, 0.25) is 10.0 Å². The third-order valence-corrected chi connectivity index (χ3v) is 4.59. The zero-order chi connectivity index (χ0) is 18.5. The molecule has 0 aliphatic carbocycles. The van der Waals surface area contributed by atoms with Gasteiger partial charge in [-0.2, -0.15) is 0 Å². The minimum absolute atomic E-state index is 0.227. The van der Waals surface area contributed by atoms with Gasteiger partial charge in [-0.05, 0) is 36.2 Å². The molecule has 26 heavy (non-hydrogen) atoms. The van der Waals surface area contributed by atoms with Gasteiger partial charge in [0.1, 0.15) is 11.5 Å². The van der Waals surface area contributed by atoms with Crippen LogP contribution in [0.1, 0.15) is 21.6 Å². The molecule has 0 atom stereocenters. The lowest BCUT2D eigenvalue weighted by molar-refractivity contribution is 0.0945. The van der Waals surface area contributed by atoms with Crippen LogP contribution in [-0.4, -0.2) is 15.9 Å². The van der Waals surface area contributed by atoms with Crippen molar-refractivity contribution >= 4 is 40.6 Å². The maximum Gasteiger partial charge on any atom is 0.271 e. The summed E-state index contributed by atoms with van der Waals surface area (Å²) in [4.78, 5) is 20.6. The fourth-order valence-electron chi connectivity index (χ4n) is 2.30. The summed E-state index contributed by atoms with van der Waals surface area (Å²) in [6, 6.07) is 12.9. The number of carbonyl (C=O) groups excluding carboxylic acids is 1. The summed E-state index contributed by atoms with van der Waals surface area (Å²) in [7, 11) is 0. The summed E-state index contributed by atoms with van der Waals surface area (Å²) < 4.78 is 0. The van der Waals surface area contributed by atoms with Crippen molar-refractivity contribution in [3.63, 3.8) is 0 Å². The lowest BCUT2D eigenvalue weighted by Gasteiger charge is -2.10. The minimum Gasteiger partial charge on any atom is -0.347 e. The number of nitrogens with zero attached hydrogens (tertiary/aromatic N) is 2. The fraction of sp³-hybridized carbons (Fsp3) is 0.105. The van der Waals surface area contributed by atoms with Crippen LogP contribution < -0.4 is 10.6 Å². The molecule has 0 spiro atoms. The molecule has 2 aromatic carbocycles. The molecule has 0 unspecified atom stereocenters. The van der Waals surface area contributed by atoms with Gasteiger partial charge in [-0.3, -0.25) is 4.79 Å². The highest BCUT2D eigenvalue weighted by Crippen LogP contribution is 2.25. The zero-order valence-electron chi connectivity index (χ0n) is 14.0. The summed E-state index contributed by atoms with van der Waals surface area (Å²) in [6.45, 7) is 2.23. The molecular weight excluding hydrogens is 371 g/mol. The smallest absolute Gasteiger partial charge is 0.271 e. The molecule has 0 saturated carbocycles. The van der Waals surface area contributed by atoms with Crippen LogP contribution in [0.15, 0.2) is 54.9 Å². The van der Waals surface area contributed by atoms with Gasteiger partial charge in [0.25, 0.3) is 5.91 Å². The molecule has 0 fully saturated rings. The van der Waals surface area contributed by atoms with Crippen LogP contribution in [0.3, 0.4) is 0 Å². The maximum absolute atomic E-state index is 12.2. The van der Waals surface area contributed by atoms with E-state index >= 15 is 0 Å². The molecule has 0 bridgehead atoms. The monoisotopic (exact) mass is 386 g/mol. The Morgan fingerprint density at radius 2 is 1.77 bits per heavy atom. The fourth-order valence-corrected chi connectivity index (χ4v) is 2.68. The number of carbonyl (C=O) groups is 1. The lowest BCUT2D eigenvalue weighted by Crippen LogP contribution is -2.24. The highest BCUT2D eigenvalue weighted by molar-refractivity contribution is 6.31. The van der Waals surface area contributed by atoms with Gasteiger partial charge in [-0.15, -0.1) is 0 Å². The Kier molecular flexibility index (Phi) is 5.71. The van der Waals surface area contributed by atoms with Crippen molar-refractivity contribution in [1.82, 2.24) is 15.3 Å². The summed E-state index contributed by atoms with van der Waals surface area (Å²) in [6.07, 6.45) is 2.93. The van der Waals surface area contributed by atoms with E-state index in [2.05, 4.69) is 20.6 Å². The first-order valence-corrected chi connectivity index (χ1v) is 8.66. The van der Waals surface area contributed by atoms with E-state index in [1.807, 2.05) is 43.3 Å². The summed E-state index contributed by atoms with van der Waals surface area (Å²) >= 11 is 12.2. The number of anilines is 2. The third-order valence-electron chi connectivity index (χ3n) is 3.81. The highest BCUT2D eigenvalue weighted by atomic mass is 35.5. The molecule has 5 nitrogen and oxygen atoms in total. The van der Waals surface area contributed by atoms with Crippen molar-refractivity contribution in [3.05, 3.63) is 81.7 Å². The Morgan fingerprint density at radius 3 is 2.50 bits per heavy atom. The van der Waals surface area contributed by atoms with Crippen molar-refractivity contribution in [3.8, 4) is 0 Å². The molecule has 7 heteroatoms. The van der Waals surface area contributed by atoms with Crippen LogP contribution in [0.4, 0.5) is 11.5 Å². The summed E-state index contributed by atoms with van der Waals surface area (Å²) in [5, 5.41) is 7.19. The molecule has 3 rings (SSSR count). The number of amides is 1. The van der Waals surface area contributed by atoms with E-state index < -0.39 is 0 Å². The van der Waals surface area contributed by atoms with E-state index in [9.17, 15) is 4.79 Å². The molecule has 132 valence electrons. The molecule has 1 heterocycles. The SMILES string of the molecule is Cc1c(Cl)cccc1Nc1cnc(C(=O)NCc2ccccc2Cl)cn1. The van der Waals surface area contributed by atoms with Gasteiger partial charge in [0.15, 0.2) is 0 Å². The van der Waals surface area contributed by atoms with Gasteiger partial charge in [0.2, 0.25) is 0 Å². The van der Waals surface area contributed by atoms with Gasteiger partial charge >= 0.3 is 0 Å². The predicted molar refractivity (Wildman–Crippen MR) is 104 cm³/mol. The van der Waals surface area contributed by atoms with Crippen molar-refractivity contribution in [1.29, 1.82) is 0 Å². The second kappa shape index (κ2) is 8.17. The number of rotatable bonds is 5. The number of aromatic nitrogens is 2. The number of benzene rings is 2.